The monoisotopic (exact) mass is 268 g/mol. The number of benzene rings is 1. The molecule has 1 aromatic carbocycles. The Balaban J connectivity index is 2.03. The molecule has 0 spiro atoms. The quantitative estimate of drug-likeness (QED) is 0.862. The van der Waals surface area contributed by atoms with Crippen LogP contribution in [0.4, 0.5) is 10.1 Å². The number of hydrogen-bond donors (Lipinski definition) is 2. The molecular weight excluding hydrogens is 251 g/mol. The Morgan fingerprint density at radius 2 is 2.37 bits per heavy atom. The summed E-state index contributed by atoms with van der Waals surface area (Å²) in [5.74, 6) is -0.394. The molecule has 1 aliphatic rings. The number of hydrogen-bond acceptors (Lipinski definition) is 4. The number of methoxy groups -OCH3 is 1. The normalized spacial score (nSPS) is 22.3. The first-order valence-electron chi connectivity index (χ1n) is 6.14. The van der Waals surface area contributed by atoms with Gasteiger partial charge in [-0.25, -0.2) is 4.39 Å². The van der Waals surface area contributed by atoms with Gasteiger partial charge in [-0.3, -0.25) is 4.79 Å². The second-order valence-corrected chi connectivity index (χ2v) is 4.39. The highest BCUT2D eigenvalue weighted by Crippen LogP contribution is 2.24. The number of halogens is 1. The summed E-state index contributed by atoms with van der Waals surface area (Å²) in [7, 11) is 1.48. The molecule has 0 bridgehead atoms. The summed E-state index contributed by atoms with van der Waals surface area (Å²) in [6.07, 6.45) is 0.680. The Bertz CT molecular complexity index is 467. The summed E-state index contributed by atoms with van der Waals surface area (Å²) in [5.41, 5.74) is 5.56. The third-order valence-corrected chi connectivity index (χ3v) is 3.09. The maximum Gasteiger partial charge on any atom is 0.253 e. The standard InChI is InChI=1S/C13H17FN2O3/c1-18-8-2-4-10(14)11(6-8)16-13(17)12-5-3-9(7-15)19-12/h2,4,6,9,12H,3,5,7,15H2,1H3,(H,16,17). The molecule has 5 nitrogen and oxygen atoms in total. The zero-order valence-electron chi connectivity index (χ0n) is 10.7. The number of carbonyl (C=O) groups is 1. The average Bonchev–Trinajstić information content (AvgIpc) is 2.90. The molecule has 1 saturated heterocycles. The van der Waals surface area contributed by atoms with Crippen LogP contribution in [0, 0.1) is 5.82 Å². The molecule has 3 N–H and O–H groups in total. The third kappa shape index (κ3) is 3.21. The molecule has 0 aliphatic carbocycles. The molecule has 0 radical (unpaired) electrons. The van der Waals surface area contributed by atoms with E-state index in [2.05, 4.69) is 5.32 Å². The fraction of sp³-hybridized carbons (Fsp3) is 0.462. The first kappa shape index (κ1) is 13.8. The Morgan fingerprint density at radius 1 is 1.58 bits per heavy atom. The molecule has 104 valence electrons. The van der Waals surface area contributed by atoms with Crippen molar-refractivity contribution in [3.63, 3.8) is 0 Å². The number of ether oxygens (including phenoxy) is 2. The van der Waals surface area contributed by atoms with Gasteiger partial charge in [-0.05, 0) is 25.0 Å². The summed E-state index contributed by atoms with van der Waals surface area (Å²) < 4.78 is 24.0. The molecule has 2 atom stereocenters. The van der Waals surface area contributed by atoms with Crippen LogP contribution in [-0.2, 0) is 9.53 Å². The molecule has 0 aromatic heterocycles. The van der Waals surface area contributed by atoms with Gasteiger partial charge < -0.3 is 20.5 Å². The Kier molecular flexibility index (Phi) is 4.34. The summed E-state index contributed by atoms with van der Waals surface area (Å²) >= 11 is 0. The highest BCUT2D eigenvalue weighted by atomic mass is 19.1. The van der Waals surface area contributed by atoms with E-state index < -0.39 is 11.9 Å². The molecule has 2 rings (SSSR count). The van der Waals surface area contributed by atoms with Crippen LogP contribution in [0.25, 0.3) is 0 Å². The van der Waals surface area contributed by atoms with Crippen LogP contribution < -0.4 is 15.8 Å². The SMILES string of the molecule is COc1ccc(F)c(NC(=O)C2CCC(CN)O2)c1. The van der Waals surface area contributed by atoms with Crippen LogP contribution in [0.2, 0.25) is 0 Å². The van der Waals surface area contributed by atoms with E-state index in [1.54, 1.807) is 0 Å². The van der Waals surface area contributed by atoms with Crippen LogP contribution in [0.15, 0.2) is 18.2 Å². The van der Waals surface area contributed by atoms with Crippen molar-refractivity contribution < 1.29 is 18.7 Å². The van der Waals surface area contributed by atoms with Gasteiger partial charge in [0.15, 0.2) is 0 Å². The topological polar surface area (TPSA) is 73.6 Å². The predicted octanol–water partition coefficient (Wildman–Crippen LogP) is 1.28. The summed E-state index contributed by atoms with van der Waals surface area (Å²) in [6, 6.07) is 4.16. The minimum absolute atomic E-state index is 0.0872. The number of nitrogens with two attached hydrogens (primary N) is 1. The molecule has 2 unspecified atom stereocenters. The van der Waals surface area contributed by atoms with Gasteiger partial charge in [0.1, 0.15) is 17.7 Å². The Hall–Kier alpha value is -1.66. The van der Waals surface area contributed by atoms with Crippen molar-refractivity contribution in [2.75, 3.05) is 19.0 Å². The fourth-order valence-corrected chi connectivity index (χ4v) is 2.01. The van der Waals surface area contributed by atoms with Crippen molar-refractivity contribution in [1.29, 1.82) is 0 Å². The molecule has 1 aromatic rings. The second kappa shape index (κ2) is 5.99. The highest BCUT2D eigenvalue weighted by Gasteiger charge is 2.30. The largest absolute Gasteiger partial charge is 0.497 e. The van der Waals surface area contributed by atoms with E-state index in [1.807, 2.05) is 0 Å². The molecule has 1 fully saturated rings. The van der Waals surface area contributed by atoms with Gasteiger partial charge in [-0.1, -0.05) is 0 Å². The third-order valence-electron chi connectivity index (χ3n) is 3.09. The van der Waals surface area contributed by atoms with E-state index in [0.29, 0.717) is 18.7 Å². The zero-order chi connectivity index (χ0) is 13.8. The van der Waals surface area contributed by atoms with Crippen molar-refractivity contribution in [3.8, 4) is 5.75 Å². The van der Waals surface area contributed by atoms with Crippen molar-refractivity contribution in [3.05, 3.63) is 24.0 Å². The molecule has 0 saturated carbocycles. The fourth-order valence-electron chi connectivity index (χ4n) is 2.01. The number of amides is 1. The smallest absolute Gasteiger partial charge is 0.253 e. The Morgan fingerprint density at radius 3 is 3.00 bits per heavy atom. The molecule has 1 aliphatic heterocycles. The lowest BCUT2D eigenvalue weighted by Gasteiger charge is -2.13. The maximum atomic E-state index is 13.6. The summed E-state index contributed by atoms with van der Waals surface area (Å²) in [5, 5.41) is 2.51. The lowest BCUT2D eigenvalue weighted by Crippen LogP contribution is -2.30. The van der Waals surface area contributed by atoms with Gasteiger partial charge in [0.25, 0.3) is 5.91 Å². The van der Waals surface area contributed by atoms with Crippen LogP contribution >= 0.6 is 0 Å². The zero-order valence-corrected chi connectivity index (χ0v) is 10.7. The molecule has 1 heterocycles. The van der Waals surface area contributed by atoms with Gasteiger partial charge in [0, 0.05) is 12.6 Å². The summed E-state index contributed by atoms with van der Waals surface area (Å²) in [4.78, 5) is 11.9. The number of nitrogens with one attached hydrogen (secondary N) is 1. The van der Waals surface area contributed by atoms with Crippen LogP contribution in [0.1, 0.15) is 12.8 Å². The summed E-state index contributed by atoms with van der Waals surface area (Å²) in [6.45, 7) is 0.386. The minimum Gasteiger partial charge on any atom is -0.497 e. The first-order valence-corrected chi connectivity index (χ1v) is 6.14. The van der Waals surface area contributed by atoms with E-state index in [0.717, 1.165) is 6.42 Å². The van der Waals surface area contributed by atoms with E-state index in [-0.39, 0.29) is 17.7 Å². The minimum atomic E-state index is -0.570. The molecule has 1 amide bonds. The van der Waals surface area contributed by atoms with E-state index in [4.69, 9.17) is 15.2 Å². The van der Waals surface area contributed by atoms with Gasteiger partial charge in [0.2, 0.25) is 0 Å². The van der Waals surface area contributed by atoms with Crippen molar-refractivity contribution in [2.24, 2.45) is 5.73 Å². The first-order chi connectivity index (χ1) is 9.13. The lowest BCUT2D eigenvalue weighted by molar-refractivity contribution is -0.126. The van der Waals surface area contributed by atoms with Gasteiger partial charge in [-0.15, -0.1) is 0 Å². The average molecular weight is 268 g/mol. The molecule has 6 heteroatoms. The van der Waals surface area contributed by atoms with E-state index >= 15 is 0 Å². The second-order valence-electron chi connectivity index (χ2n) is 4.39. The number of carbonyl (C=O) groups excluding carboxylic acids is 1. The predicted molar refractivity (Wildman–Crippen MR) is 68.5 cm³/mol. The van der Waals surface area contributed by atoms with Crippen molar-refractivity contribution >= 4 is 11.6 Å². The van der Waals surface area contributed by atoms with E-state index in [9.17, 15) is 9.18 Å². The van der Waals surface area contributed by atoms with Gasteiger partial charge >= 0.3 is 0 Å². The lowest BCUT2D eigenvalue weighted by atomic mass is 10.2. The van der Waals surface area contributed by atoms with Crippen LogP contribution in [0.5, 0.6) is 5.75 Å². The maximum absolute atomic E-state index is 13.6. The van der Waals surface area contributed by atoms with Crippen molar-refractivity contribution in [1.82, 2.24) is 0 Å². The Labute approximate surface area is 110 Å². The van der Waals surface area contributed by atoms with Gasteiger partial charge in [-0.2, -0.15) is 0 Å². The van der Waals surface area contributed by atoms with Crippen molar-refractivity contribution in [2.45, 2.75) is 25.0 Å². The van der Waals surface area contributed by atoms with Gasteiger partial charge in [0.05, 0.1) is 18.9 Å². The van der Waals surface area contributed by atoms with Crippen LogP contribution in [-0.4, -0.2) is 31.8 Å². The number of rotatable bonds is 4. The molecule has 19 heavy (non-hydrogen) atoms. The van der Waals surface area contributed by atoms with Crippen LogP contribution in [0.3, 0.4) is 0 Å². The van der Waals surface area contributed by atoms with E-state index in [1.165, 1.54) is 25.3 Å². The number of anilines is 1. The highest BCUT2D eigenvalue weighted by molar-refractivity contribution is 5.94. The molecular formula is C13H17FN2O3.